The fourth-order valence-electron chi connectivity index (χ4n) is 3.83. The molecule has 2 heterocycles. The summed E-state index contributed by atoms with van der Waals surface area (Å²) in [6.45, 7) is 9.48. The molecule has 0 saturated heterocycles. The number of carbonyl (C=O) groups is 2. The summed E-state index contributed by atoms with van der Waals surface area (Å²) in [5.41, 5.74) is 3.39. The van der Waals surface area contributed by atoms with Gasteiger partial charge in [0.1, 0.15) is 11.8 Å². The van der Waals surface area contributed by atoms with Gasteiger partial charge in [0.25, 0.3) is 5.91 Å². The number of hydrogen-bond acceptors (Lipinski definition) is 4. The molecule has 1 aromatic carbocycles. The normalized spacial score (nSPS) is 14.4. The summed E-state index contributed by atoms with van der Waals surface area (Å²) in [4.78, 5) is 28.9. The average Bonchev–Trinajstić information content (AvgIpc) is 3.19. The Kier molecular flexibility index (Phi) is 7.53. The zero-order chi connectivity index (χ0) is 21.7. The molecule has 162 valence electrons. The summed E-state index contributed by atoms with van der Waals surface area (Å²) < 4.78 is 5.85. The van der Waals surface area contributed by atoms with Crippen LogP contribution in [-0.4, -0.2) is 35.9 Å². The monoisotopic (exact) mass is 428 g/mol. The number of ether oxygens (including phenoxy) is 1. The Morgan fingerprint density at radius 2 is 2.07 bits per heavy atom. The number of benzene rings is 1. The molecule has 0 bridgehead atoms. The van der Waals surface area contributed by atoms with Gasteiger partial charge in [-0.05, 0) is 59.9 Å². The number of amides is 2. The van der Waals surface area contributed by atoms with Crippen molar-refractivity contribution in [3.8, 4) is 5.75 Å². The lowest BCUT2D eigenvalue weighted by molar-refractivity contribution is -0.137. The molecule has 1 aliphatic rings. The highest BCUT2D eigenvalue weighted by Gasteiger charge is 2.28. The summed E-state index contributed by atoms with van der Waals surface area (Å²) in [5.74, 6) is 0.783. The van der Waals surface area contributed by atoms with Crippen LogP contribution in [0.5, 0.6) is 5.75 Å². The van der Waals surface area contributed by atoms with E-state index in [1.807, 2.05) is 30.9 Å². The third-order valence-corrected chi connectivity index (χ3v) is 6.50. The van der Waals surface area contributed by atoms with Crippen LogP contribution in [0.3, 0.4) is 0 Å². The maximum Gasteiger partial charge on any atom is 0.258 e. The molecule has 1 atom stereocenters. The van der Waals surface area contributed by atoms with Crippen molar-refractivity contribution in [3.63, 3.8) is 0 Å². The molecule has 30 heavy (non-hydrogen) atoms. The van der Waals surface area contributed by atoms with E-state index in [4.69, 9.17) is 4.74 Å². The van der Waals surface area contributed by atoms with Crippen molar-refractivity contribution in [2.24, 2.45) is 0 Å². The van der Waals surface area contributed by atoms with Crippen LogP contribution in [0.2, 0.25) is 0 Å². The first-order chi connectivity index (χ1) is 14.4. The number of aryl methyl sites for hydroxylation is 1. The first-order valence-electron chi connectivity index (χ1n) is 10.8. The molecule has 0 fully saturated rings. The molecule has 1 N–H and O–H groups in total. The van der Waals surface area contributed by atoms with Gasteiger partial charge in [-0.1, -0.05) is 39.3 Å². The van der Waals surface area contributed by atoms with Gasteiger partial charge < -0.3 is 15.0 Å². The van der Waals surface area contributed by atoms with Crippen LogP contribution in [0.15, 0.2) is 29.6 Å². The highest BCUT2D eigenvalue weighted by atomic mass is 32.1. The molecular formula is C24H32N2O3S. The van der Waals surface area contributed by atoms with Gasteiger partial charge >= 0.3 is 0 Å². The number of fused-ring (bicyclic) bond motifs is 1. The molecule has 3 rings (SSSR count). The largest absolute Gasteiger partial charge is 0.483 e. The van der Waals surface area contributed by atoms with Gasteiger partial charge in [0.15, 0.2) is 6.61 Å². The number of hydrogen-bond donors (Lipinski definition) is 1. The van der Waals surface area contributed by atoms with Crippen molar-refractivity contribution < 1.29 is 14.3 Å². The first-order valence-corrected chi connectivity index (χ1v) is 11.6. The van der Waals surface area contributed by atoms with Gasteiger partial charge in [0.05, 0.1) is 0 Å². The molecule has 0 radical (unpaired) electrons. The second kappa shape index (κ2) is 10.1. The average molecular weight is 429 g/mol. The molecule has 5 nitrogen and oxygen atoms in total. The van der Waals surface area contributed by atoms with Crippen molar-refractivity contribution >= 4 is 23.2 Å². The maximum atomic E-state index is 13.1. The van der Waals surface area contributed by atoms with E-state index in [2.05, 4.69) is 36.7 Å². The molecule has 1 aromatic heterocycles. The minimum Gasteiger partial charge on any atom is -0.483 e. The summed E-state index contributed by atoms with van der Waals surface area (Å²) >= 11 is 1.75. The van der Waals surface area contributed by atoms with Gasteiger partial charge in [-0.2, -0.15) is 0 Å². The molecule has 0 aliphatic carbocycles. The van der Waals surface area contributed by atoms with Crippen LogP contribution in [0.1, 0.15) is 61.1 Å². The van der Waals surface area contributed by atoms with E-state index in [9.17, 15) is 9.59 Å². The predicted molar refractivity (Wildman–Crippen MR) is 121 cm³/mol. The van der Waals surface area contributed by atoms with Crippen LogP contribution in [0, 0.1) is 6.92 Å². The number of nitrogens with zero attached hydrogens (tertiary/aromatic N) is 1. The fourth-order valence-corrected chi connectivity index (χ4v) is 4.72. The Morgan fingerprint density at radius 3 is 2.80 bits per heavy atom. The minimum absolute atomic E-state index is 0.000440. The predicted octanol–water partition coefficient (Wildman–Crippen LogP) is 4.43. The van der Waals surface area contributed by atoms with Crippen LogP contribution in [0.25, 0.3) is 0 Å². The smallest absolute Gasteiger partial charge is 0.258 e. The molecule has 0 saturated carbocycles. The molecule has 1 aliphatic heterocycles. The lowest BCUT2D eigenvalue weighted by Crippen LogP contribution is -2.50. The third-order valence-electron chi connectivity index (χ3n) is 5.48. The molecule has 6 heteroatoms. The molecule has 2 aromatic rings. The Morgan fingerprint density at radius 1 is 1.27 bits per heavy atom. The van der Waals surface area contributed by atoms with Crippen molar-refractivity contribution in [3.05, 3.63) is 51.2 Å². The second-order valence-electron chi connectivity index (χ2n) is 8.27. The summed E-state index contributed by atoms with van der Waals surface area (Å²) in [5, 5.41) is 5.00. The van der Waals surface area contributed by atoms with Crippen molar-refractivity contribution in [2.75, 3.05) is 13.2 Å². The standard InChI is InChI=1S/C24H32N2O3S/c1-5-6-20(24(28)26-11-9-22-18(14-26)10-12-30-22)25-23(27)15-29-21-13-17(4)7-8-19(21)16(2)3/h7-8,10,12-13,16,20H,5-6,9,11,14-15H2,1-4H3,(H,25,27). The van der Waals surface area contributed by atoms with Gasteiger partial charge in [-0.3, -0.25) is 9.59 Å². The first kappa shape index (κ1) is 22.3. The molecule has 1 unspecified atom stereocenters. The highest BCUT2D eigenvalue weighted by Crippen LogP contribution is 2.27. The van der Waals surface area contributed by atoms with Gasteiger partial charge in [-0.15, -0.1) is 11.3 Å². The number of thiophene rings is 1. The van der Waals surface area contributed by atoms with Crippen LogP contribution < -0.4 is 10.1 Å². The Hall–Kier alpha value is -2.34. The van der Waals surface area contributed by atoms with Crippen LogP contribution in [0.4, 0.5) is 0 Å². The topological polar surface area (TPSA) is 58.6 Å². The highest BCUT2D eigenvalue weighted by molar-refractivity contribution is 7.10. The van der Waals surface area contributed by atoms with Crippen LogP contribution in [-0.2, 0) is 22.6 Å². The van der Waals surface area contributed by atoms with Crippen LogP contribution >= 0.6 is 11.3 Å². The van der Waals surface area contributed by atoms with Crippen molar-refractivity contribution in [1.82, 2.24) is 10.2 Å². The summed E-state index contributed by atoms with van der Waals surface area (Å²) in [6, 6.07) is 7.65. The number of nitrogens with one attached hydrogen (secondary N) is 1. The van der Waals surface area contributed by atoms with Gasteiger partial charge in [0, 0.05) is 18.0 Å². The third kappa shape index (κ3) is 5.42. The van der Waals surface area contributed by atoms with E-state index >= 15 is 0 Å². The quantitative estimate of drug-likeness (QED) is 0.677. The fraction of sp³-hybridized carbons (Fsp3) is 0.500. The Labute approximate surface area is 183 Å². The SMILES string of the molecule is CCCC(NC(=O)COc1cc(C)ccc1C(C)C)C(=O)N1CCc2sccc2C1. The zero-order valence-corrected chi connectivity index (χ0v) is 19.2. The summed E-state index contributed by atoms with van der Waals surface area (Å²) in [7, 11) is 0. The van der Waals surface area contributed by atoms with Gasteiger partial charge in [-0.25, -0.2) is 0 Å². The lowest BCUT2D eigenvalue weighted by atomic mass is 10.0. The molecular weight excluding hydrogens is 396 g/mol. The number of rotatable bonds is 8. The Bertz CT molecular complexity index is 890. The van der Waals surface area contributed by atoms with Crippen molar-refractivity contribution in [2.45, 2.75) is 65.5 Å². The van der Waals surface area contributed by atoms with Gasteiger partial charge in [0.2, 0.25) is 5.91 Å². The van der Waals surface area contributed by atoms with E-state index < -0.39 is 6.04 Å². The van der Waals surface area contributed by atoms with E-state index in [0.29, 0.717) is 25.4 Å². The van der Waals surface area contributed by atoms with E-state index in [1.165, 1.54) is 10.4 Å². The second-order valence-corrected chi connectivity index (χ2v) is 9.27. The molecule has 0 spiro atoms. The number of carbonyl (C=O) groups excluding carboxylic acids is 2. The van der Waals surface area contributed by atoms with E-state index in [1.54, 1.807) is 11.3 Å². The van der Waals surface area contributed by atoms with Crippen molar-refractivity contribution in [1.29, 1.82) is 0 Å². The lowest BCUT2D eigenvalue weighted by Gasteiger charge is -2.31. The van der Waals surface area contributed by atoms with E-state index in [-0.39, 0.29) is 18.4 Å². The van der Waals surface area contributed by atoms with E-state index in [0.717, 1.165) is 29.7 Å². The zero-order valence-electron chi connectivity index (χ0n) is 18.4. The maximum absolute atomic E-state index is 13.1. The molecule has 2 amide bonds. The Balaban J connectivity index is 1.60. The summed E-state index contributed by atoms with van der Waals surface area (Å²) in [6.07, 6.45) is 2.34. The minimum atomic E-state index is -0.506.